The van der Waals surface area contributed by atoms with Crippen LogP contribution in [0.5, 0.6) is 5.75 Å². The number of nitrogens with one attached hydrogen (secondary N) is 1. The normalized spacial score (nSPS) is 10.7. The molecule has 0 unspecified atom stereocenters. The summed E-state index contributed by atoms with van der Waals surface area (Å²) in [6.45, 7) is -0.703. The molecule has 6 nitrogen and oxygen atoms in total. The minimum Gasteiger partial charge on any atom is -0.427 e. The summed E-state index contributed by atoms with van der Waals surface area (Å²) >= 11 is 1.54. The summed E-state index contributed by atoms with van der Waals surface area (Å²) in [4.78, 5) is 15.4. The molecule has 0 saturated heterocycles. The fraction of sp³-hybridized carbons (Fsp3) is 0.308. The van der Waals surface area contributed by atoms with Gasteiger partial charge in [-0.05, 0) is 12.5 Å². The summed E-state index contributed by atoms with van der Waals surface area (Å²) < 4.78 is 28.8. The predicted molar refractivity (Wildman–Crippen MR) is 78.5 cm³/mol. The molecule has 1 aromatic heterocycles. The SMILES string of the molecule is CCc1cnc(CNc2ccc([N+](=O)[O-])c(OC(F)F)c2)s1. The lowest BCUT2D eigenvalue weighted by Crippen LogP contribution is -2.06. The molecule has 0 spiro atoms. The molecule has 0 fully saturated rings. The fourth-order valence-electron chi connectivity index (χ4n) is 1.74. The number of aromatic nitrogens is 1. The summed E-state index contributed by atoms with van der Waals surface area (Å²) in [5.41, 5.74) is -0.0668. The average Bonchev–Trinajstić information content (AvgIpc) is 2.92. The number of hydrogen-bond donors (Lipinski definition) is 1. The zero-order valence-corrected chi connectivity index (χ0v) is 12.4. The molecule has 118 valence electrons. The highest BCUT2D eigenvalue weighted by molar-refractivity contribution is 7.11. The van der Waals surface area contributed by atoms with Crippen molar-refractivity contribution in [1.82, 2.24) is 4.98 Å². The number of thiazole rings is 1. The van der Waals surface area contributed by atoms with Crippen molar-refractivity contribution in [2.75, 3.05) is 5.32 Å². The minimum atomic E-state index is -3.12. The Morgan fingerprint density at radius 3 is 2.86 bits per heavy atom. The molecule has 0 aliphatic rings. The maximum atomic E-state index is 12.3. The second-order valence-corrected chi connectivity index (χ2v) is 5.45. The summed E-state index contributed by atoms with van der Waals surface area (Å²) in [7, 11) is 0. The summed E-state index contributed by atoms with van der Waals surface area (Å²) in [5, 5.41) is 14.6. The van der Waals surface area contributed by atoms with E-state index < -0.39 is 23.0 Å². The zero-order valence-electron chi connectivity index (χ0n) is 11.6. The third-order valence-electron chi connectivity index (χ3n) is 2.77. The van der Waals surface area contributed by atoms with Crippen molar-refractivity contribution in [1.29, 1.82) is 0 Å². The summed E-state index contributed by atoms with van der Waals surface area (Å²) in [6.07, 6.45) is 2.67. The van der Waals surface area contributed by atoms with Crippen molar-refractivity contribution in [3.63, 3.8) is 0 Å². The van der Waals surface area contributed by atoms with Gasteiger partial charge in [-0.25, -0.2) is 4.98 Å². The number of halogens is 2. The number of ether oxygens (including phenoxy) is 1. The number of anilines is 1. The van der Waals surface area contributed by atoms with E-state index in [1.807, 2.05) is 6.92 Å². The van der Waals surface area contributed by atoms with Crippen LogP contribution in [0, 0.1) is 10.1 Å². The first-order valence-corrected chi connectivity index (χ1v) is 7.22. The van der Waals surface area contributed by atoms with E-state index in [-0.39, 0.29) is 0 Å². The lowest BCUT2D eigenvalue weighted by Gasteiger charge is -2.09. The number of nitrogens with zero attached hydrogens (tertiary/aromatic N) is 2. The number of aryl methyl sites for hydroxylation is 1. The first-order chi connectivity index (χ1) is 10.5. The zero-order chi connectivity index (χ0) is 16.1. The van der Waals surface area contributed by atoms with Crippen LogP contribution >= 0.6 is 11.3 Å². The number of benzene rings is 1. The van der Waals surface area contributed by atoms with Crippen molar-refractivity contribution in [3.05, 3.63) is 44.4 Å². The second-order valence-electron chi connectivity index (χ2n) is 4.25. The maximum absolute atomic E-state index is 12.3. The van der Waals surface area contributed by atoms with Gasteiger partial charge in [0.05, 0.1) is 11.5 Å². The van der Waals surface area contributed by atoms with Gasteiger partial charge in [0, 0.05) is 28.9 Å². The molecular formula is C13H13F2N3O3S. The van der Waals surface area contributed by atoms with Gasteiger partial charge in [0.1, 0.15) is 5.01 Å². The van der Waals surface area contributed by atoms with Gasteiger partial charge in [0.25, 0.3) is 0 Å². The van der Waals surface area contributed by atoms with Crippen LogP contribution in [-0.2, 0) is 13.0 Å². The van der Waals surface area contributed by atoms with Crippen LogP contribution in [0.2, 0.25) is 0 Å². The Hall–Kier alpha value is -2.29. The first kappa shape index (κ1) is 16.1. The van der Waals surface area contributed by atoms with Gasteiger partial charge in [0.15, 0.2) is 0 Å². The third kappa shape index (κ3) is 4.10. The molecule has 2 rings (SSSR count). The molecule has 0 radical (unpaired) electrons. The monoisotopic (exact) mass is 329 g/mol. The molecule has 0 aliphatic carbocycles. The Morgan fingerprint density at radius 2 is 2.27 bits per heavy atom. The predicted octanol–water partition coefficient (Wildman–Crippen LogP) is 3.83. The molecule has 0 bridgehead atoms. The van der Waals surface area contributed by atoms with Crippen LogP contribution in [-0.4, -0.2) is 16.5 Å². The standard InChI is InChI=1S/C13H13F2N3O3S/c1-2-9-6-17-12(22-9)7-16-8-3-4-10(18(19)20)11(5-8)21-13(14)15/h3-6,13,16H,2,7H2,1H3. The Morgan fingerprint density at radius 1 is 1.50 bits per heavy atom. The van der Waals surface area contributed by atoms with Gasteiger partial charge in [-0.2, -0.15) is 8.78 Å². The van der Waals surface area contributed by atoms with Crippen molar-refractivity contribution < 1.29 is 18.4 Å². The van der Waals surface area contributed by atoms with Gasteiger partial charge in [0.2, 0.25) is 5.75 Å². The average molecular weight is 329 g/mol. The van der Waals surface area contributed by atoms with Crippen LogP contribution in [0.25, 0.3) is 0 Å². The highest BCUT2D eigenvalue weighted by Gasteiger charge is 2.19. The number of nitro benzene ring substituents is 1. The van der Waals surface area contributed by atoms with E-state index in [9.17, 15) is 18.9 Å². The Kier molecular flexibility index (Phi) is 5.21. The van der Waals surface area contributed by atoms with E-state index in [0.29, 0.717) is 12.2 Å². The molecular weight excluding hydrogens is 316 g/mol. The number of hydrogen-bond acceptors (Lipinski definition) is 6. The van der Waals surface area contributed by atoms with E-state index in [0.717, 1.165) is 22.4 Å². The minimum absolute atomic E-state index is 0.399. The molecule has 0 aliphatic heterocycles. The number of rotatable bonds is 7. The van der Waals surface area contributed by atoms with Crippen LogP contribution in [0.3, 0.4) is 0 Å². The van der Waals surface area contributed by atoms with E-state index in [2.05, 4.69) is 15.0 Å². The van der Waals surface area contributed by atoms with Crippen LogP contribution in [0.1, 0.15) is 16.8 Å². The molecule has 2 aromatic rings. The second kappa shape index (κ2) is 7.12. The summed E-state index contributed by atoms with van der Waals surface area (Å²) in [5.74, 6) is -0.474. The third-order valence-corrected chi connectivity index (χ3v) is 3.91. The Labute approximate surface area is 128 Å². The van der Waals surface area contributed by atoms with E-state index in [1.54, 1.807) is 17.5 Å². The van der Waals surface area contributed by atoms with Crippen LogP contribution in [0.15, 0.2) is 24.4 Å². The molecule has 1 N–H and O–H groups in total. The van der Waals surface area contributed by atoms with E-state index >= 15 is 0 Å². The quantitative estimate of drug-likeness (QED) is 0.617. The Balaban J connectivity index is 2.12. The molecule has 9 heteroatoms. The van der Waals surface area contributed by atoms with Gasteiger partial charge < -0.3 is 10.1 Å². The van der Waals surface area contributed by atoms with Crippen molar-refractivity contribution in [2.45, 2.75) is 26.5 Å². The maximum Gasteiger partial charge on any atom is 0.387 e. The lowest BCUT2D eigenvalue weighted by atomic mass is 10.2. The largest absolute Gasteiger partial charge is 0.427 e. The van der Waals surface area contributed by atoms with Gasteiger partial charge >= 0.3 is 12.3 Å². The lowest BCUT2D eigenvalue weighted by molar-refractivity contribution is -0.386. The van der Waals surface area contributed by atoms with Crippen molar-refractivity contribution >= 4 is 22.7 Å². The smallest absolute Gasteiger partial charge is 0.387 e. The van der Waals surface area contributed by atoms with Crippen molar-refractivity contribution in [3.8, 4) is 5.75 Å². The van der Waals surface area contributed by atoms with Gasteiger partial charge in [-0.3, -0.25) is 10.1 Å². The molecule has 0 saturated carbocycles. The highest BCUT2D eigenvalue weighted by Crippen LogP contribution is 2.31. The number of nitro groups is 1. The van der Waals surface area contributed by atoms with Gasteiger partial charge in [-0.1, -0.05) is 6.92 Å². The summed E-state index contributed by atoms with van der Waals surface area (Å²) in [6, 6.07) is 3.74. The highest BCUT2D eigenvalue weighted by atomic mass is 32.1. The molecule has 1 aromatic carbocycles. The topological polar surface area (TPSA) is 77.3 Å². The number of alkyl halides is 2. The molecule has 1 heterocycles. The molecule has 22 heavy (non-hydrogen) atoms. The van der Waals surface area contributed by atoms with Crippen LogP contribution in [0.4, 0.5) is 20.2 Å². The van der Waals surface area contributed by atoms with Crippen LogP contribution < -0.4 is 10.1 Å². The van der Waals surface area contributed by atoms with E-state index in [1.165, 1.54) is 12.1 Å². The Bertz CT molecular complexity index is 664. The first-order valence-electron chi connectivity index (χ1n) is 6.40. The molecule has 0 amide bonds. The van der Waals surface area contributed by atoms with E-state index in [4.69, 9.17) is 0 Å². The van der Waals surface area contributed by atoms with Gasteiger partial charge in [-0.15, -0.1) is 11.3 Å². The fourth-order valence-corrected chi connectivity index (χ4v) is 2.54. The van der Waals surface area contributed by atoms with Crippen molar-refractivity contribution in [2.24, 2.45) is 0 Å². The molecule has 0 atom stereocenters.